The molecule has 1 saturated heterocycles. The van der Waals surface area contributed by atoms with Crippen LogP contribution in [-0.4, -0.2) is 45.9 Å². The van der Waals surface area contributed by atoms with E-state index in [1.807, 2.05) is 81.4 Å². The average molecular weight is 582 g/mol. The molecule has 1 heterocycles. The van der Waals surface area contributed by atoms with Crippen LogP contribution in [0.2, 0.25) is 5.04 Å². The Morgan fingerprint density at radius 3 is 2.02 bits per heavy atom. The number of hydrogen-bond donors (Lipinski definition) is 2. The highest BCUT2D eigenvalue weighted by Gasteiger charge is 2.56. The predicted molar refractivity (Wildman–Crippen MR) is 159 cm³/mol. The Kier molecular flexibility index (Phi) is 8.61. The molecule has 1 aliphatic rings. The van der Waals surface area contributed by atoms with E-state index in [1.54, 1.807) is 12.1 Å². The van der Waals surface area contributed by atoms with Crippen LogP contribution in [0.5, 0.6) is 0 Å². The minimum absolute atomic E-state index is 0.0556. The number of cyclic esters (lactones) is 1. The fourth-order valence-corrected chi connectivity index (χ4v) is 10.6. The number of rotatable bonds is 11. The van der Waals surface area contributed by atoms with Gasteiger partial charge in [-0.25, -0.2) is 4.79 Å². The van der Waals surface area contributed by atoms with Crippen LogP contribution in [0.15, 0.2) is 89.8 Å². The molecule has 1 amide bonds. The van der Waals surface area contributed by atoms with Crippen molar-refractivity contribution < 1.29 is 26.9 Å². The Hall–Kier alpha value is -2.98. The molecule has 0 bridgehead atoms. The maximum atomic E-state index is 12.9. The molecule has 9 heteroatoms. The molecule has 3 aromatic rings. The van der Waals surface area contributed by atoms with Crippen molar-refractivity contribution in [3.8, 4) is 0 Å². The summed E-state index contributed by atoms with van der Waals surface area (Å²) >= 11 is 0. The highest BCUT2D eigenvalue weighted by atomic mass is 32.2. The van der Waals surface area contributed by atoms with Crippen molar-refractivity contribution in [2.24, 2.45) is 5.92 Å². The molecule has 7 nitrogen and oxygen atoms in total. The van der Waals surface area contributed by atoms with Crippen molar-refractivity contribution in [3.63, 3.8) is 0 Å². The fraction of sp³-hybridized carbons (Fsp3) is 0.387. The lowest BCUT2D eigenvalue weighted by molar-refractivity contribution is -0.0172. The van der Waals surface area contributed by atoms with Crippen molar-refractivity contribution >= 4 is 34.9 Å². The van der Waals surface area contributed by atoms with E-state index < -0.39 is 41.2 Å². The van der Waals surface area contributed by atoms with Crippen LogP contribution in [0, 0.1) is 12.8 Å². The fourth-order valence-electron chi connectivity index (χ4n) is 5.91. The molecule has 40 heavy (non-hydrogen) atoms. The molecular weight excluding hydrogens is 542 g/mol. The lowest BCUT2D eigenvalue weighted by atomic mass is 9.77. The molecule has 4 rings (SSSR count). The summed E-state index contributed by atoms with van der Waals surface area (Å²) in [5.74, 6) is -0.205. The van der Waals surface area contributed by atoms with Gasteiger partial charge in [-0.05, 0) is 54.2 Å². The molecule has 0 radical (unpaired) electrons. The van der Waals surface area contributed by atoms with E-state index in [0.29, 0.717) is 12.8 Å². The van der Waals surface area contributed by atoms with Gasteiger partial charge in [-0.15, -0.1) is 0 Å². The molecule has 0 saturated carbocycles. The van der Waals surface area contributed by atoms with Crippen molar-refractivity contribution in [3.05, 3.63) is 90.5 Å². The Bertz CT molecular complexity index is 1370. The molecule has 0 spiro atoms. The van der Waals surface area contributed by atoms with Crippen LogP contribution in [0.4, 0.5) is 4.79 Å². The maximum absolute atomic E-state index is 12.9. The van der Waals surface area contributed by atoms with E-state index in [1.165, 1.54) is 12.1 Å². The van der Waals surface area contributed by atoms with E-state index in [4.69, 9.17) is 8.92 Å². The minimum Gasteiger partial charge on any atom is -0.441 e. The van der Waals surface area contributed by atoms with Gasteiger partial charge in [-0.3, -0.25) is 4.18 Å². The second kappa shape index (κ2) is 11.5. The van der Waals surface area contributed by atoms with E-state index in [0.717, 1.165) is 15.9 Å². The smallest absolute Gasteiger partial charge is 0.408 e. The van der Waals surface area contributed by atoms with Gasteiger partial charge >= 0.3 is 6.09 Å². The van der Waals surface area contributed by atoms with Gasteiger partial charge in [0.05, 0.1) is 17.5 Å². The van der Waals surface area contributed by atoms with Crippen LogP contribution in [0.3, 0.4) is 0 Å². The number of carbonyl (C=O) groups excluding carboxylic acids is 1. The molecule has 2 N–H and O–H groups in total. The molecule has 0 aromatic heterocycles. The molecule has 3 aromatic carbocycles. The highest BCUT2D eigenvalue weighted by molar-refractivity contribution is 7.86. The van der Waals surface area contributed by atoms with Gasteiger partial charge in [0.1, 0.15) is 5.60 Å². The van der Waals surface area contributed by atoms with Gasteiger partial charge in [0.15, 0.2) is 0 Å². The van der Waals surface area contributed by atoms with Crippen LogP contribution in [0.25, 0.3) is 0 Å². The zero-order chi connectivity index (χ0) is 29.2. The van der Waals surface area contributed by atoms with Crippen LogP contribution in [-0.2, 0) is 19.0 Å². The number of ether oxygens (including phenoxy) is 1. The Balaban J connectivity index is 1.63. The first kappa shape index (κ1) is 30.0. The average Bonchev–Trinajstić information content (AvgIpc) is 3.24. The van der Waals surface area contributed by atoms with Gasteiger partial charge in [0.25, 0.3) is 18.4 Å². The van der Waals surface area contributed by atoms with Crippen molar-refractivity contribution in [2.75, 3.05) is 6.61 Å². The number of alkyl carbamates (subject to hydrolysis) is 1. The van der Waals surface area contributed by atoms with E-state index in [2.05, 4.69) is 19.2 Å². The first-order chi connectivity index (χ1) is 18.8. The Morgan fingerprint density at radius 2 is 1.52 bits per heavy atom. The van der Waals surface area contributed by atoms with Crippen LogP contribution < -0.4 is 15.7 Å². The number of aryl methyl sites for hydroxylation is 1. The predicted octanol–water partition coefficient (Wildman–Crippen LogP) is 4.52. The number of nitrogens with one attached hydrogen (secondary N) is 1. The normalized spacial score (nSPS) is 20.6. The summed E-state index contributed by atoms with van der Waals surface area (Å²) in [5.41, 5.74) is -0.125. The molecule has 1 fully saturated rings. The topological polar surface area (TPSA) is 102 Å². The largest absolute Gasteiger partial charge is 0.441 e. The van der Waals surface area contributed by atoms with Crippen LogP contribution >= 0.6 is 0 Å². The summed E-state index contributed by atoms with van der Waals surface area (Å²) in [4.78, 5) is 25.2. The van der Waals surface area contributed by atoms with Crippen molar-refractivity contribution in [1.29, 1.82) is 0 Å². The number of benzene rings is 3. The lowest BCUT2D eigenvalue weighted by Gasteiger charge is -2.46. The lowest BCUT2D eigenvalue weighted by Crippen LogP contribution is -2.66. The summed E-state index contributed by atoms with van der Waals surface area (Å²) in [6.45, 7) is 9.60. The zero-order valence-corrected chi connectivity index (χ0v) is 25.6. The summed E-state index contributed by atoms with van der Waals surface area (Å²) in [6, 6.07) is 25.3. The minimum atomic E-state index is -4.04. The second-order valence-electron chi connectivity index (χ2n) is 11.5. The third-order valence-corrected chi connectivity index (χ3v) is 14.2. The van der Waals surface area contributed by atoms with Crippen molar-refractivity contribution in [2.45, 2.75) is 69.0 Å². The summed E-state index contributed by atoms with van der Waals surface area (Å²) in [6.07, 6.45) is 0.561. The molecular formula is C31H39NO6SSi. The quantitative estimate of drug-likeness (QED) is 0.255. The van der Waals surface area contributed by atoms with E-state index in [-0.39, 0.29) is 17.4 Å². The highest BCUT2D eigenvalue weighted by Crippen LogP contribution is 2.47. The molecule has 214 valence electrons. The monoisotopic (exact) mass is 581 g/mol. The van der Waals surface area contributed by atoms with Gasteiger partial charge < -0.3 is 14.8 Å². The first-order valence-corrected chi connectivity index (χ1v) is 17.0. The standard InChI is InChI=1S/C31H39NO6SSi/c1-6-24(21-30(3,4)40(36,26-13-9-7-10-14-26)27-15-11-8-12-16-27)31(5)28(32-29(33)38-31)22-37-39(34,35)25-19-17-23(2)18-20-25/h7-20,24,28,36H,6,21-22H2,1-5H3,(H,32,33)/t24-,28+,31+/m0/s1. The van der Waals surface area contributed by atoms with Crippen LogP contribution in [0.1, 0.15) is 46.1 Å². The third-order valence-electron chi connectivity index (χ3n) is 8.42. The SMILES string of the molecule is CC[C@@H](CC(C)(C)[Si](O)(c1ccccc1)c1ccccc1)[C@@]1(C)OC(=O)N[C@@H]1COS(=O)(=O)c1ccc(C)cc1. The Labute approximate surface area is 238 Å². The molecule has 3 atom stereocenters. The summed E-state index contributed by atoms with van der Waals surface area (Å²) in [7, 11) is -7.35. The summed E-state index contributed by atoms with van der Waals surface area (Å²) < 4.78 is 37.1. The molecule has 1 aliphatic heterocycles. The number of amides is 1. The van der Waals surface area contributed by atoms with Gasteiger partial charge in [0.2, 0.25) is 0 Å². The third kappa shape index (κ3) is 5.74. The second-order valence-corrected chi connectivity index (χ2v) is 17.0. The molecule has 0 unspecified atom stereocenters. The first-order valence-electron chi connectivity index (χ1n) is 13.6. The number of carbonyl (C=O) groups is 1. The van der Waals surface area contributed by atoms with E-state index >= 15 is 0 Å². The van der Waals surface area contributed by atoms with E-state index in [9.17, 15) is 18.0 Å². The number of hydrogen-bond acceptors (Lipinski definition) is 6. The zero-order valence-electron chi connectivity index (χ0n) is 23.8. The summed E-state index contributed by atoms with van der Waals surface area (Å²) in [5, 5.41) is 3.99. The van der Waals surface area contributed by atoms with Gasteiger partial charge in [-0.2, -0.15) is 8.42 Å². The maximum Gasteiger partial charge on any atom is 0.408 e. The Morgan fingerprint density at radius 1 is 1.00 bits per heavy atom. The van der Waals surface area contributed by atoms with Gasteiger partial charge in [0, 0.05) is 5.92 Å². The van der Waals surface area contributed by atoms with Gasteiger partial charge in [-0.1, -0.05) is 99.1 Å². The molecule has 0 aliphatic carbocycles. The van der Waals surface area contributed by atoms with Crippen molar-refractivity contribution in [1.82, 2.24) is 5.32 Å².